The highest BCUT2D eigenvalue weighted by atomic mass is 32.1. The number of aromatic nitrogens is 1. The Morgan fingerprint density at radius 1 is 1.08 bits per heavy atom. The Hall–Kier alpha value is -3.13. The van der Waals surface area contributed by atoms with Crippen molar-refractivity contribution in [3.05, 3.63) is 53.2 Å². The zero-order valence-electron chi connectivity index (χ0n) is 13.6. The molecule has 2 heterocycles. The summed E-state index contributed by atoms with van der Waals surface area (Å²) in [5.41, 5.74) is 1.60. The van der Waals surface area contributed by atoms with Gasteiger partial charge in [0.2, 0.25) is 0 Å². The summed E-state index contributed by atoms with van der Waals surface area (Å²) in [7, 11) is 1.54. The molecule has 1 aromatic carbocycles. The number of hydrogen-bond donors (Lipinski definition) is 3. The van der Waals surface area contributed by atoms with E-state index >= 15 is 0 Å². The Morgan fingerprint density at radius 3 is 2.36 bits per heavy atom. The first-order valence-corrected chi connectivity index (χ1v) is 8.30. The SMILES string of the molecule is CNC(=O)Nc1ccc(NC(=O)c2nc(-c3ccco3)sc2C)cc1. The predicted octanol–water partition coefficient (Wildman–Crippen LogP) is 3.72. The van der Waals surface area contributed by atoms with Crippen molar-refractivity contribution < 1.29 is 14.0 Å². The summed E-state index contributed by atoms with van der Waals surface area (Å²) >= 11 is 1.40. The Balaban J connectivity index is 1.71. The molecule has 0 radical (unpaired) electrons. The lowest BCUT2D eigenvalue weighted by molar-refractivity contribution is 0.102. The molecule has 0 saturated carbocycles. The first-order chi connectivity index (χ1) is 12.1. The van der Waals surface area contributed by atoms with Gasteiger partial charge in [-0.25, -0.2) is 9.78 Å². The van der Waals surface area contributed by atoms with Crippen molar-refractivity contribution in [1.29, 1.82) is 0 Å². The van der Waals surface area contributed by atoms with E-state index in [-0.39, 0.29) is 11.9 Å². The van der Waals surface area contributed by atoms with Crippen LogP contribution in [-0.2, 0) is 0 Å². The van der Waals surface area contributed by atoms with E-state index in [2.05, 4.69) is 20.9 Å². The van der Waals surface area contributed by atoms with Gasteiger partial charge in [0.1, 0.15) is 5.69 Å². The van der Waals surface area contributed by atoms with Gasteiger partial charge in [0.25, 0.3) is 5.91 Å². The van der Waals surface area contributed by atoms with Crippen LogP contribution in [0.4, 0.5) is 16.2 Å². The Labute approximate surface area is 148 Å². The van der Waals surface area contributed by atoms with Crippen molar-refractivity contribution in [3.63, 3.8) is 0 Å². The fraction of sp³-hybridized carbons (Fsp3) is 0.118. The van der Waals surface area contributed by atoms with Crippen LogP contribution in [0.1, 0.15) is 15.4 Å². The molecule has 0 aliphatic carbocycles. The highest BCUT2D eigenvalue weighted by Crippen LogP contribution is 2.28. The number of nitrogens with zero attached hydrogens (tertiary/aromatic N) is 1. The molecule has 3 rings (SSSR count). The van der Waals surface area contributed by atoms with Gasteiger partial charge < -0.3 is 20.4 Å². The van der Waals surface area contributed by atoms with Crippen LogP contribution in [0.15, 0.2) is 47.1 Å². The average Bonchev–Trinajstić information content (AvgIpc) is 3.26. The summed E-state index contributed by atoms with van der Waals surface area (Å²) in [6, 6.07) is 10.1. The second kappa shape index (κ2) is 7.18. The van der Waals surface area contributed by atoms with E-state index in [9.17, 15) is 9.59 Å². The van der Waals surface area contributed by atoms with Crippen LogP contribution < -0.4 is 16.0 Å². The molecule has 0 bridgehead atoms. The molecule has 3 aromatic rings. The van der Waals surface area contributed by atoms with Crippen molar-refractivity contribution >= 4 is 34.6 Å². The topological polar surface area (TPSA) is 96.3 Å². The third kappa shape index (κ3) is 3.86. The van der Waals surface area contributed by atoms with Gasteiger partial charge in [0, 0.05) is 23.3 Å². The molecule has 0 aliphatic heterocycles. The molecule has 0 atom stereocenters. The molecule has 0 unspecified atom stereocenters. The van der Waals surface area contributed by atoms with E-state index in [1.807, 2.05) is 6.92 Å². The van der Waals surface area contributed by atoms with E-state index in [1.165, 1.54) is 18.4 Å². The normalized spacial score (nSPS) is 10.3. The smallest absolute Gasteiger partial charge is 0.318 e. The Bertz CT molecular complexity index is 885. The van der Waals surface area contributed by atoms with E-state index in [0.29, 0.717) is 27.8 Å². The predicted molar refractivity (Wildman–Crippen MR) is 97.0 cm³/mol. The van der Waals surface area contributed by atoms with E-state index in [4.69, 9.17) is 4.42 Å². The lowest BCUT2D eigenvalue weighted by atomic mass is 10.2. The van der Waals surface area contributed by atoms with Crippen LogP contribution in [0, 0.1) is 6.92 Å². The first-order valence-electron chi connectivity index (χ1n) is 7.48. The number of benzene rings is 1. The third-order valence-corrected chi connectivity index (χ3v) is 4.36. The minimum Gasteiger partial charge on any atom is -0.462 e. The van der Waals surface area contributed by atoms with Crippen molar-refractivity contribution in [1.82, 2.24) is 10.3 Å². The minimum absolute atomic E-state index is 0.293. The quantitative estimate of drug-likeness (QED) is 0.664. The van der Waals surface area contributed by atoms with Gasteiger partial charge in [-0.1, -0.05) is 0 Å². The number of hydrogen-bond acceptors (Lipinski definition) is 5. The summed E-state index contributed by atoms with van der Waals surface area (Å²) in [6.45, 7) is 1.84. The fourth-order valence-corrected chi connectivity index (χ4v) is 3.01. The number of carbonyl (C=O) groups excluding carboxylic acids is 2. The maximum Gasteiger partial charge on any atom is 0.318 e. The standard InChI is InChI=1S/C17H16N4O3S/c1-10-14(21-16(25-10)13-4-3-9-24-13)15(22)19-11-5-7-12(8-6-11)20-17(23)18-2/h3-9H,1-2H3,(H,19,22)(H2,18,20,23). The summed E-state index contributed by atoms with van der Waals surface area (Å²) in [4.78, 5) is 28.9. The molecule has 0 saturated heterocycles. The van der Waals surface area contributed by atoms with Crippen LogP contribution in [-0.4, -0.2) is 24.0 Å². The zero-order chi connectivity index (χ0) is 17.8. The minimum atomic E-state index is -0.305. The van der Waals surface area contributed by atoms with Gasteiger partial charge in [0.15, 0.2) is 10.8 Å². The molecular formula is C17H16N4O3S. The van der Waals surface area contributed by atoms with Crippen molar-refractivity contribution in [2.24, 2.45) is 0 Å². The van der Waals surface area contributed by atoms with Crippen molar-refractivity contribution in [2.45, 2.75) is 6.92 Å². The van der Waals surface area contributed by atoms with Gasteiger partial charge in [-0.15, -0.1) is 11.3 Å². The van der Waals surface area contributed by atoms with Gasteiger partial charge in [-0.05, 0) is 43.3 Å². The third-order valence-electron chi connectivity index (χ3n) is 3.37. The van der Waals surface area contributed by atoms with Gasteiger partial charge >= 0.3 is 6.03 Å². The molecule has 25 heavy (non-hydrogen) atoms. The summed E-state index contributed by atoms with van der Waals surface area (Å²) in [5.74, 6) is 0.343. The Morgan fingerprint density at radius 2 is 1.76 bits per heavy atom. The summed E-state index contributed by atoms with van der Waals surface area (Å²) in [5, 5.41) is 8.58. The highest BCUT2D eigenvalue weighted by Gasteiger charge is 2.17. The number of thiazole rings is 1. The molecule has 0 aliphatic rings. The van der Waals surface area contributed by atoms with E-state index < -0.39 is 0 Å². The van der Waals surface area contributed by atoms with Gasteiger partial charge in [0.05, 0.1) is 6.26 Å². The number of anilines is 2. The zero-order valence-corrected chi connectivity index (χ0v) is 14.4. The highest BCUT2D eigenvalue weighted by molar-refractivity contribution is 7.15. The van der Waals surface area contributed by atoms with Gasteiger partial charge in [-0.3, -0.25) is 4.79 Å². The molecule has 3 amide bonds. The number of urea groups is 1. The van der Waals surface area contributed by atoms with Crippen LogP contribution in [0.25, 0.3) is 10.8 Å². The van der Waals surface area contributed by atoms with Crippen molar-refractivity contribution in [2.75, 3.05) is 17.7 Å². The number of furan rings is 1. The first kappa shape index (κ1) is 16.7. The maximum absolute atomic E-state index is 12.4. The van der Waals surface area contributed by atoms with Gasteiger partial charge in [-0.2, -0.15) is 0 Å². The average molecular weight is 356 g/mol. The molecular weight excluding hydrogens is 340 g/mol. The number of carbonyl (C=O) groups is 2. The number of rotatable bonds is 4. The molecule has 128 valence electrons. The maximum atomic E-state index is 12.4. The van der Waals surface area contributed by atoms with Crippen LogP contribution in [0.5, 0.6) is 0 Å². The number of aryl methyl sites for hydroxylation is 1. The molecule has 7 nitrogen and oxygen atoms in total. The molecule has 3 N–H and O–H groups in total. The fourth-order valence-electron chi connectivity index (χ4n) is 2.13. The largest absolute Gasteiger partial charge is 0.462 e. The molecule has 2 aromatic heterocycles. The second-order valence-corrected chi connectivity index (χ2v) is 6.34. The van der Waals surface area contributed by atoms with E-state index in [0.717, 1.165) is 4.88 Å². The lowest BCUT2D eigenvalue weighted by Crippen LogP contribution is -2.24. The van der Waals surface area contributed by atoms with E-state index in [1.54, 1.807) is 42.7 Å². The number of amides is 3. The molecule has 8 heteroatoms. The van der Waals surface area contributed by atoms with Crippen LogP contribution in [0.3, 0.4) is 0 Å². The van der Waals surface area contributed by atoms with Crippen LogP contribution >= 0.6 is 11.3 Å². The second-order valence-electron chi connectivity index (χ2n) is 5.14. The summed E-state index contributed by atoms with van der Waals surface area (Å²) in [6.07, 6.45) is 1.57. The monoisotopic (exact) mass is 356 g/mol. The number of nitrogens with one attached hydrogen (secondary N) is 3. The van der Waals surface area contributed by atoms with Crippen molar-refractivity contribution in [3.8, 4) is 10.8 Å². The molecule has 0 fully saturated rings. The van der Waals surface area contributed by atoms with Crippen LogP contribution in [0.2, 0.25) is 0 Å². The Kier molecular flexibility index (Phi) is 4.80. The summed E-state index contributed by atoms with van der Waals surface area (Å²) < 4.78 is 5.32. The lowest BCUT2D eigenvalue weighted by Gasteiger charge is -2.07. The molecule has 0 spiro atoms.